The van der Waals surface area contributed by atoms with E-state index in [0.717, 1.165) is 5.56 Å². The first kappa shape index (κ1) is 11.8. The number of hydrogen-bond acceptors (Lipinski definition) is 4. The fourth-order valence-electron chi connectivity index (χ4n) is 1.06. The van der Waals surface area contributed by atoms with Gasteiger partial charge < -0.3 is 15.7 Å². The zero-order valence-electron chi connectivity index (χ0n) is 8.75. The number of oxime groups is 1. The third-order valence-corrected chi connectivity index (χ3v) is 1.93. The fraction of sp³-hybridized carbons (Fsp3) is 0.0909. The zero-order valence-corrected chi connectivity index (χ0v) is 8.75. The second kappa shape index (κ2) is 5.55. The van der Waals surface area contributed by atoms with Gasteiger partial charge in [-0.1, -0.05) is 29.4 Å². The molecule has 1 aromatic rings. The van der Waals surface area contributed by atoms with Crippen LogP contribution in [0.1, 0.15) is 11.1 Å². The molecule has 0 aliphatic rings. The van der Waals surface area contributed by atoms with Crippen molar-refractivity contribution in [1.29, 1.82) is 0 Å². The Hall–Kier alpha value is -2.30. The maximum absolute atomic E-state index is 10.8. The highest BCUT2D eigenvalue weighted by Gasteiger charge is 1.98. The highest BCUT2D eigenvalue weighted by atomic mass is 16.5. The van der Waals surface area contributed by atoms with Gasteiger partial charge in [-0.2, -0.15) is 0 Å². The molecule has 0 unspecified atom stereocenters. The molecule has 0 saturated heterocycles. The van der Waals surface area contributed by atoms with Gasteiger partial charge in [-0.05, 0) is 11.6 Å². The number of esters is 1. The number of hydrogen-bond donors (Lipinski definition) is 2. The molecule has 5 nitrogen and oxygen atoms in total. The molecule has 0 aromatic heterocycles. The van der Waals surface area contributed by atoms with Crippen LogP contribution in [0.4, 0.5) is 0 Å². The Bertz CT molecular complexity index is 421. The highest BCUT2D eigenvalue weighted by molar-refractivity contribution is 5.97. The number of methoxy groups -OCH3 is 1. The topological polar surface area (TPSA) is 84.9 Å². The lowest BCUT2D eigenvalue weighted by Gasteiger charge is -1.98. The molecule has 0 saturated carbocycles. The molecule has 1 rings (SSSR count). The normalized spacial score (nSPS) is 11.7. The number of ether oxygens (including phenoxy) is 1. The quantitative estimate of drug-likeness (QED) is 0.198. The number of nitrogens with two attached hydrogens (primary N) is 1. The van der Waals surface area contributed by atoms with E-state index in [2.05, 4.69) is 9.89 Å². The van der Waals surface area contributed by atoms with E-state index in [1.807, 2.05) is 0 Å². The van der Waals surface area contributed by atoms with Gasteiger partial charge in [0.25, 0.3) is 0 Å². The maximum atomic E-state index is 10.8. The average molecular weight is 220 g/mol. The minimum Gasteiger partial charge on any atom is -0.466 e. The van der Waals surface area contributed by atoms with Crippen molar-refractivity contribution >= 4 is 17.9 Å². The van der Waals surface area contributed by atoms with E-state index in [1.54, 1.807) is 30.3 Å². The van der Waals surface area contributed by atoms with Gasteiger partial charge in [0.05, 0.1) is 7.11 Å². The summed E-state index contributed by atoms with van der Waals surface area (Å²) in [7, 11) is 1.31. The van der Waals surface area contributed by atoms with Crippen LogP contribution in [0, 0.1) is 0 Å². The standard InChI is InChI=1S/C11H12N2O3/c1-16-10(14)7-4-8-2-5-9(6-3-8)11(12)13-15/h2-7,15H,1H3,(H2,12,13). The summed E-state index contributed by atoms with van der Waals surface area (Å²) >= 11 is 0. The summed E-state index contributed by atoms with van der Waals surface area (Å²) in [6.07, 6.45) is 2.93. The van der Waals surface area contributed by atoms with Crippen molar-refractivity contribution in [2.75, 3.05) is 7.11 Å². The van der Waals surface area contributed by atoms with Crippen LogP contribution in [0.3, 0.4) is 0 Å². The molecule has 0 atom stereocenters. The summed E-state index contributed by atoms with van der Waals surface area (Å²) < 4.78 is 4.45. The second-order valence-electron chi connectivity index (χ2n) is 2.96. The van der Waals surface area contributed by atoms with E-state index in [1.165, 1.54) is 13.2 Å². The van der Waals surface area contributed by atoms with Crippen LogP contribution in [0.15, 0.2) is 35.5 Å². The number of benzene rings is 1. The van der Waals surface area contributed by atoms with E-state index in [0.29, 0.717) is 5.56 Å². The van der Waals surface area contributed by atoms with Crippen LogP contribution in [0.2, 0.25) is 0 Å². The molecule has 3 N–H and O–H groups in total. The van der Waals surface area contributed by atoms with E-state index >= 15 is 0 Å². The molecule has 0 fully saturated rings. The Labute approximate surface area is 92.8 Å². The van der Waals surface area contributed by atoms with Gasteiger partial charge in [-0.15, -0.1) is 0 Å². The predicted octanol–water partition coefficient (Wildman–Crippen LogP) is 0.967. The molecule has 16 heavy (non-hydrogen) atoms. The van der Waals surface area contributed by atoms with Gasteiger partial charge in [0, 0.05) is 11.6 Å². The first-order valence-corrected chi connectivity index (χ1v) is 4.51. The minimum atomic E-state index is -0.416. The fourth-order valence-corrected chi connectivity index (χ4v) is 1.06. The van der Waals surface area contributed by atoms with Gasteiger partial charge in [0.2, 0.25) is 0 Å². The van der Waals surface area contributed by atoms with Gasteiger partial charge in [0.15, 0.2) is 5.84 Å². The van der Waals surface area contributed by atoms with Gasteiger partial charge in [0.1, 0.15) is 0 Å². The summed E-state index contributed by atoms with van der Waals surface area (Å²) in [6.45, 7) is 0. The lowest BCUT2D eigenvalue weighted by atomic mass is 10.1. The Morgan fingerprint density at radius 1 is 1.44 bits per heavy atom. The molecule has 0 radical (unpaired) electrons. The molecule has 1 aromatic carbocycles. The summed E-state index contributed by atoms with van der Waals surface area (Å²) in [5.74, 6) is -0.371. The van der Waals surface area contributed by atoms with E-state index in [-0.39, 0.29) is 5.84 Å². The van der Waals surface area contributed by atoms with E-state index in [9.17, 15) is 4.79 Å². The SMILES string of the molecule is COC(=O)C=Cc1ccc(C(N)=NO)cc1. The first-order chi connectivity index (χ1) is 7.67. The molecule has 0 heterocycles. The summed E-state index contributed by atoms with van der Waals surface area (Å²) in [6, 6.07) is 6.86. The molecule has 0 aliphatic carbocycles. The Morgan fingerprint density at radius 2 is 2.06 bits per heavy atom. The lowest BCUT2D eigenvalue weighted by Crippen LogP contribution is -2.12. The van der Waals surface area contributed by atoms with Crippen LogP contribution in [0.25, 0.3) is 6.08 Å². The predicted molar refractivity (Wildman–Crippen MR) is 60.0 cm³/mol. The van der Waals surface area contributed by atoms with Crippen molar-refractivity contribution in [2.24, 2.45) is 10.9 Å². The van der Waals surface area contributed by atoms with Crippen LogP contribution in [0.5, 0.6) is 0 Å². The number of amidine groups is 1. The first-order valence-electron chi connectivity index (χ1n) is 4.51. The highest BCUT2D eigenvalue weighted by Crippen LogP contribution is 2.06. The molecule has 0 spiro atoms. The van der Waals surface area contributed by atoms with Crippen molar-refractivity contribution < 1.29 is 14.7 Å². The molecule has 84 valence electrons. The van der Waals surface area contributed by atoms with Crippen molar-refractivity contribution in [3.63, 3.8) is 0 Å². The number of carbonyl (C=O) groups excluding carboxylic acids is 1. The van der Waals surface area contributed by atoms with Crippen molar-refractivity contribution in [3.05, 3.63) is 41.5 Å². The van der Waals surface area contributed by atoms with Crippen molar-refractivity contribution in [2.45, 2.75) is 0 Å². The molecule has 0 amide bonds. The van der Waals surface area contributed by atoms with Gasteiger partial charge >= 0.3 is 5.97 Å². The van der Waals surface area contributed by atoms with Crippen LogP contribution >= 0.6 is 0 Å². The molecule has 5 heteroatoms. The number of nitrogens with zero attached hydrogens (tertiary/aromatic N) is 1. The summed E-state index contributed by atoms with van der Waals surface area (Å²) in [4.78, 5) is 10.8. The summed E-state index contributed by atoms with van der Waals surface area (Å²) in [5, 5.41) is 11.3. The van der Waals surface area contributed by atoms with Crippen LogP contribution in [-0.2, 0) is 9.53 Å². The Morgan fingerprint density at radius 3 is 2.56 bits per heavy atom. The second-order valence-corrected chi connectivity index (χ2v) is 2.96. The van der Waals surface area contributed by atoms with Crippen LogP contribution < -0.4 is 5.73 Å². The number of rotatable bonds is 3. The zero-order chi connectivity index (χ0) is 12.0. The smallest absolute Gasteiger partial charge is 0.330 e. The van der Waals surface area contributed by atoms with E-state index in [4.69, 9.17) is 10.9 Å². The third kappa shape index (κ3) is 3.13. The Balaban J connectivity index is 2.80. The molecular weight excluding hydrogens is 208 g/mol. The minimum absolute atomic E-state index is 0.0449. The lowest BCUT2D eigenvalue weighted by molar-refractivity contribution is -0.134. The van der Waals surface area contributed by atoms with Crippen molar-refractivity contribution in [3.8, 4) is 0 Å². The molecular formula is C11H12N2O3. The van der Waals surface area contributed by atoms with Gasteiger partial charge in [-0.25, -0.2) is 4.79 Å². The Kier molecular flexibility index (Phi) is 4.08. The third-order valence-electron chi connectivity index (χ3n) is 1.93. The largest absolute Gasteiger partial charge is 0.466 e. The maximum Gasteiger partial charge on any atom is 0.330 e. The number of carbonyl (C=O) groups is 1. The average Bonchev–Trinajstić information content (AvgIpc) is 2.35. The monoisotopic (exact) mass is 220 g/mol. The van der Waals surface area contributed by atoms with Crippen LogP contribution in [-0.4, -0.2) is 24.1 Å². The molecule has 0 bridgehead atoms. The summed E-state index contributed by atoms with van der Waals surface area (Å²) in [5.41, 5.74) is 6.82. The van der Waals surface area contributed by atoms with Crippen molar-refractivity contribution in [1.82, 2.24) is 0 Å². The van der Waals surface area contributed by atoms with Gasteiger partial charge in [-0.3, -0.25) is 0 Å². The molecule has 0 aliphatic heterocycles. The van der Waals surface area contributed by atoms with E-state index < -0.39 is 5.97 Å².